The van der Waals surface area contributed by atoms with Crippen LogP contribution in [0.15, 0.2) is 27.6 Å². The summed E-state index contributed by atoms with van der Waals surface area (Å²) in [7, 11) is 1.97. The van der Waals surface area contributed by atoms with Crippen molar-refractivity contribution in [2.24, 2.45) is 17.6 Å². The molecule has 2 aliphatic rings. The summed E-state index contributed by atoms with van der Waals surface area (Å²) >= 11 is 5.45. The van der Waals surface area contributed by atoms with Crippen LogP contribution in [0.1, 0.15) is 37.3 Å². The van der Waals surface area contributed by atoms with E-state index in [-0.39, 0.29) is 17.9 Å². The van der Waals surface area contributed by atoms with Gasteiger partial charge >= 0.3 is 0 Å². The maximum Gasteiger partial charge on any atom is 0.226 e. The highest BCUT2D eigenvalue weighted by Crippen LogP contribution is 2.42. The Morgan fingerprint density at radius 2 is 2.23 bits per heavy atom. The van der Waals surface area contributed by atoms with Gasteiger partial charge in [0.25, 0.3) is 0 Å². The second-order valence-electron chi connectivity index (χ2n) is 6.32. The zero-order valence-corrected chi connectivity index (χ0v) is 15.3. The van der Waals surface area contributed by atoms with Gasteiger partial charge in [-0.15, -0.1) is 11.8 Å². The molecule has 5 heteroatoms. The van der Waals surface area contributed by atoms with Gasteiger partial charge in [0.1, 0.15) is 0 Å². The third-order valence-electron chi connectivity index (χ3n) is 5.07. The molecule has 22 heavy (non-hydrogen) atoms. The summed E-state index contributed by atoms with van der Waals surface area (Å²) in [6, 6.07) is 6.61. The van der Waals surface area contributed by atoms with Crippen LogP contribution in [0.25, 0.3) is 0 Å². The van der Waals surface area contributed by atoms with Gasteiger partial charge < -0.3 is 10.6 Å². The van der Waals surface area contributed by atoms with E-state index in [1.807, 2.05) is 23.7 Å². The SMILES string of the molecule is CN(C(=O)[C@@H]1CCC[C@@H]1CN)C1CCSc2ccc(Br)cc21. The molecule has 1 fully saturated rings. The normalized spacial score (nSPS) is 27.5. The lowest BCUT2D eigenvalue weighted by atomic mass is 9.93. The summed E-state index contributed by atoms with van der Waals surface area (Å²) in [5.41, 5.74) is 7.14. The van der Waals surface area contributed by atoms with Crippen LogP contribution >= 0.6 is 27.7 Å². The van der Waals surface area contributed by atoms with E-state index < -0.39 is 0 Å². The average Bonchev–Trinajstić information content (AvgIpc) is 3.01. The minimum Gasteiger partial charge on any atom is -0.338 e. The number of thioether (sulfide) groups is 1. The third kappa shape index (κ3) is 3.08. The van der Waals surface area contributed by atoms with Gasteiger partial charge in [0.2, 0.25) is 5.91 Å². The van der Waals surface area contributed by atoms with E-state index in [2.05, 4.69) is 34.1 Å². The maximum absolute atomic E-state index is 13.0. The molecule has 0 aromatic heterocycles. The number of nitrogens with zero attached hydrogens (tertiary/aromatic N) is 1. The number of hydrogen-bond donors (Lipinski definition) is 1. The molecule has 1 aliphatic carbocycles. The van der Waals surface area contributed by atoms with Gasteiger partial charge in [-0.25, -0.2) is 0 Å². The largest absolute Gasteiger partial charge is 0.338 e. The van der Waals surface area contributed by atoms with Crippen LogP contribution in [0, 0.1) is 11.8 Å². The fourth-order valence-corrected chi connectivity index (χ4v) is 5.27. The Bertz CT molecular complexity index is 566. The standard InChI is InChI=1S/C17H23BrN2OS/c1-20(17(21)13-4-2-3-11(13)10-19)15-7-8-22-16-6-5-12(18)9-14(15)16/h5-6,9,11,13,15H,2-4,7-8,10,19H2,1H3/t11-,13-,15?/m1/s1. The van der Waals surface area contributed by atoms with Crippen molar-refractivity contribution in [1.29, 1.82) is 0 Å². The fourth-order valence-electron chi connectivity index (χ4n) is 3.81. The van der Waals surface area contributed by atoms with Crippen LogP contribution in [0.4, 0.5) is 0 Å². The second kappa shape index (κ2) is 6.93. The Hall–Kier alpha value is -0.520. The van der Waals surface area contributed by atoms with Gasteiger partial charge in [-0.05, 0) is 55.5 Å². The summed E-state index contributed by atoms with van der Waals surface area (Å²) < 4.78 is 1.08. The number of halogens is 1. The lowest BCUT2D eigenvalue weighted by molar-refractivity contribution is -0.137. The van der Waals surface area contributed by atoms with Crippen LogP contribution in [0.3, 0.4) is 0 Å². The van der Waals surface area contributed by atoms with E-state index >= 15 is 0 Å². The Balaban J connectivity index is 1.82. The monoisotopic (exact) mass is 382 g/mol. The number of fused-ring (bicyclic) bond motifs is 1. The molecule has 120 valence electrons. The summed E-state index contributed by atoms with van der Waals surface area (Å²) in [5, 5.41) is 0. The van der Waals surface area contributed by atoms with Crippen molar-refractivity contribution in [2.45, 2.75) is 36.6 Å². The molecular formula is C17H23BrN2OS. The molecule has 3 rings (SSSR count). The molecule has 3 atom stereocenters. The average molecular weight is 383 g/mol. The molecule has 0 spiro atoms. The number of hydrogen-bond acceptors (Lipinski definition) is 3. The molecular weight excluding hydrogens is 360 g/mol. The van der Waals surface area contributed by atoms with Crippen LogP contribution in [-0.4, -0.2) is 30.2 Å². The van der Waals surface area contributed by atoms with Crippen molar-refractivity contribution >= 4 is 33.6 Å². The molecule has 3 nitrogen and oxygen atoms in total. The first-order chi connectivity index (χ1) is 10.6. The predicted octanol–water partition coefficient (Wildman–Crippen LogP) is 3.82. The lowest BCUT2D eigenvalue weighted by Crippen LogP contribution is -2.39. The van der Waals surface area contributed by atoms with E-state index in [1.165, 1.54) is 10.5 Å². The number of rotatable bonds is 3. The highest BCUT2D eigenvalue weighted by atomic mass is 79.9. The zero-order valence-electron chi connectivity index (χ0n) is 12.9. The summed E-state index contributed by atoms with van der Waals surface area (Å²) in [6.07, 6.45) is 4.26. The Morgan fingerprint density at radius 1 is 1.41 bits per heavy atom. The molecule has 2 N–H and O–H groups in total. The van der Waals surface area contributed by atoms with Crippen molar-refractivity contribution in [3.8, 4) is 0 Å². The molecule has 1 aromatic rings. The van der Waals surface area contributed by atoms with Gasteiger partial charge in [-0.1, -0.05) is 22.4 Å². The first-order valence-electron chi connectivity index (χ1n) is 8.00. The summed E-state index contributed by atoms with van der Waals surface area (Å²) in [4.78, 5) is 16.3. The molecule has 0 radical (unpaired) electrons. The van der Waals surface area contributed by atoms with E-state index in [0.29, 0.717) is 12.5 Å². The van der Waals surface area contributed by atoms with Crippen LogP contribution in [0.2, 0.25) is 0 Å². The van der Waals surface area contributed by atoms with Crippen molar-refractivity contribution in [3.05, 3.63) is 28.2 Å². The lowest BCUT2D eigenvalue weighted by Gasteiger charge is -2.35. The van der Waals surface area contributed by atoms with Gasteiger partial charge in [-0.2, -0.15) is 0 Å². The third-order valence-corrected chi connectivity index (χ3v) is 6.69. The fraction of sp³-hybridized carbons (Fsp3) is 0.588. The van der Waals surface area contributed by atoms with Crippen molar-refractivity contribution in [2.75, 3.05) is 19.3 Å². The number of amides is 1. The van der Waals surface area contributed by atoms with E-state index in [1.54, 1.807) is 0 Å². The Kier molecular flexibility index (Phi) is 5.15. The number of carbonyl (C=O) groups is 1. The molecule has 0 bridgehead atoms. The highest BCUT2D eigenvalue weighted by molar-refractivity contribution is 9.10. The van der Waals surface area contributed by atoms with Gasteiger partial charge in [-0.3, -0.25) is 4.79 Å². The first-order valence-corrected chi connectivity index (χ1v) is 9.78. The summed E-state index contributed by atoms with van der Waals surface area (Å²) in [5.74, 6) is 1.85. The number of nitrogens with two attached hydrogens (primary N) is 1. The van der Waals surface area contributed by atoms with Gasteiger partial charge in [0.15, 0.2) is 0 Å². The van der Waals surface area contributed by atoms with Crippen LogP contribution in [-0.2, 0) is 4.79 Å². The van der Waals surface area contributed by atoms with Gasteiger partial charge in [0.05, 0.1) is 6.04 Å². The summed E-state index contributed by atoms with van der Waals surface area (Å²) in [6.45, 7) is 0.632. The van der Waals surface area contributed by atoms with Crippen LogP contribution in [0.5, 0.6) is 0 Å². The van der Waals surface area contributed by atoms with E-state index in [0.717, 1.165) is 35.9 Å². The molecule has 1 amide bonds. The van der Waals surface area contributed by atoms with Crippen molar-refractivity contribution in [3.63, 3.8) is 0 Å². The zero-order chi connectivity index (χ0) is 15.7. The van der Waals surface area contributed by atoms with E-state index in [9.17, 15) is 4.79 Å². The number of benzene rings is 1. The highest BCUT2D eigenvalue weighted by Gasteiger charge is 2.37. The predicted molar refractivity (Wildman–Crippen MR) is 94.9 cm³/mol. The van der Waals surface area contributed by atoms with Crippen LogP contribution < -0.4 is 5.73 Å². The van der Waals surface area contributed by atoms with Crippen molar-refractivity contribution in [1.82, 2.24) is 4.90 Å². The van der Waals surface area contributed by atoms with Gasteiger partial charge in [0, 0.05) is 28.1 Å². The second-order valence-corrected chi connectivity index (χ2v) is 8.37. The smallest absolute Gasteiger partial charge is 0.226 e. The topological polar surface area (TPSA) is 46.3 Å². The minimum absolute atomic E-state index is 0.125. The molecule has 1 aliphatic heterocycles. The molecule has 1 saturated carbocycles. The molecule has 0 saturated heterocycles. The number of carbonyl (C=O) groups excluding carboxylic acids is 1. The minimum atomic E-state index is 0.125. The first kappa shape index (κ1) is 16.3. The maximum atomic E-state index is 13.0. The van der Waals surface area contributed by atoms with E-state index in [4.69, 9.17) is 5.73 Å². The van der Waals surface area contributed by atoms with Crippen molar-refractivity contribution < 1.29 is 4.79 Å². The molecule has 1 aromatic carbocycles. The molecule has 1 heterocycles. The Labute approximate surface area is 145 Å². The quantitative estimate of drug-likeness (QED) is 0.863. The Morgan fingerprint density at radius 3 is 3.00 bits per heavy atom. The molecule has 1 unspecified atom stereocenters.